The van der Waals surface area contributed by atoms with Crippen LogP contribution in [-0.2, 0) is 14.8 Å². The summed E-state index contributed by atoms with van der Waals surface area (Å²) in [6, 6.07) is 3.19. The summed E-state index contributed by atoms with van der Waals surface area (Å²) in [5.41, 5.74) is 10.1. The molecule has 0 aliphatic carbocycles. The third-order valence-electron chi connectivity index (χ3n) is 3.71. The Kier molecular flexibility index (Phi) is 4.19. The van der Waals surface area contributed by atoms with Crippen LogP contribution in [0.5, 0.6) is 0 Å². The number of fused-ring (bicyclic) bond motifs is 1. The van der Waals surface area contributed by atoms with Gasteiger partial charge in [0.1, 0.15) is 4.90 Å². The van der Waals surface area contributed by atoms with Crippen molar-refractivity contribution in [1.82, 2.24) is 9.29 Å². The van der Waals surface area contributed by atoms with Crippen molar-refractivity contribution in [3.8, 4) is 0 Å². The van der Waals surface area contributed by atoms with Gasteiger partial charge in [-0.15, -0.1) is 0 Å². The van der Waals surface area contributed by atoms with Gasteiger partial charge in [0, 0.05) is 34.2 Å². The highest BCUT2D eigenvalue weighted by atomic mass is 79.9. The number of nitrogens with two attached hydrogens (primary N) is 1. The molecule has 1 fully saturated rings. The van der Waals surface area contributed by atoms with Crippen LogP contribution in [0, 0.1) is 0 Å². The Morgan fingerprint density at radius 1 is 1.35 bits per heavy atom. The molecule has 1 aliphatic heterocycles. The van der Waals surface area contributed by atoms with E-state index in [4.69, 9.17) is 10.5 Å². The topological polar surface area (TPSA) is 133 Å². The van der Waals surface area contributed by atoms with Crippen molar-refractivity contribution in [3.63, 3.8) is 0 Å². The normalized spacial score (nSPS) is 16.8. The number of aromatic amines is 1. The van der Waals surface area contributed by atoms with Gasteiger partial charge in [0.25, 0.3) is 0 Å². The highest BCUT2D eigenvalue weighted by molar-refractivity contribution is 9.10. The molecule has 0 spiro atoms. The zero-order valence-electron chi connectivity index (χ0n) is 12.1. The Bertz CT molecular complexity index is 887. The van der Waals surface area contributed by atoms with Crippen molar-refractivity contribution in [2.45, 2.75) is 4.90 Å². The standard InChI is InChI=1S/C13H15BrN4O4S/c14-8-5-7-10(6-9(8)15)17-11(13(16)19)12(7)23(20,21)18-1-3-22-4-2-18/h5-6,17H,1-4,15H2,(H2,16,19)/p+1. The summed E-state index contributed by atoms with van der Waals surface area (Å²) >= 11 is 3.29. The fourth-order valence-corrected chi connectivity index (χ4v) is 4.69. The maximum atomic E-state index is 13.0. The Labute approximate surface area is 140 Å². The first-order valence-corrected chi connectivity index (χ1v) is 9.10. The van der Waals surface area contributed by atoms with Gasteiger partial charge in [0.15, 0.2) is 5.69 Å². The van der Waals surface area contributed by atoms with Gasteiger partial charge in [0.05, 0.1) is 13.2 Å². The fraction of sp³-hybridized carbons (Fsp3) is 0.308. The van der Waals surface area contributed by atoms with E-state index in [2.05, 4.69) is 26.6 Å². The molecule has 0 unspecified atom stereocenters. The summed E-state index contributed by atoms with van der Waals surface area (Å²) in [6.45, 7) is 1.14. The quantitative estimate of drug-likeness (QED) is 0.616. The average molecular weight is 404 g/mol. The number of halogens is 1. The number of morpholine rings is 1. The highest BCUT2D eigenvalue weighted by Gasteiger charge is 2.34. The summed E-state index contributed by atoms with van der Waals surface area (Å²) in [5, 5.41) is 0.407. The fourth-order valence-electron chi connectivity index (χ4n) is 2.59. The number of aromatic nitrogens is 1. The Balaban J connectivity index is 2.27. The molecule has 2 heterocycles. The molecule has 1 aromatic heterocycles. The van der Waals surface area contributed by atoms with Crippen LogP contribution in [0.1, 0.15) is 10.5 Å². The van der Waals surface area contributed by atoms with E-state index in [1.807, 2.05) is 0 Å². The number of hydrogen-bond donors (Lipinski definition) is 3. The third-order valence-corrected chi connectivity index (χ3v) is 6.39. The summed E-state index contributed by atoms with van der Waals surface area (Å²) in [4.78, 5) is 14.6. The van der Waals surface area contributed by atoms with Crippen molar-refractivity contribution >= 4 is 48.5 Å². The van der Waals surface area contributed by atoms with E-state index in [1.54, 1.807) is 12.1 Å². The smallest absolute Gasteiger partial charge is 0.358 e. The van der Waals surface area contributed by atoms with Crippen molar-refractivity contribution in [1.29, 1.82) is 0 Å². The van der Waals surface area contributed by atoms with E-state index in [0.717, 1.165) is 0 Å². The molecule has 3 rings (SSSR count). The van der Waals surface area contributed by atoms with Gasteiger partial charge in [-0.1, -0.05) is 0 Å². The molecule has 6 N–H and O–H groups in total. The summed E-state index contributed by atoms with van der Waals surface area (Å²) in [5.74, 6) is -0.595. The van der Waals surface area contributed by atoms with E-state index >= 15 is 0 Å². The van der Waals surface area contributed by atoms with Crippen LogP contribution in [0.3, 0.4) is 0 Å². The first-order chi connectivity index (χ1) is 10.8. The molecule has 10 heteroatoms. The minimum absolute atomic E-state index is 0.0380. The van der Waals surface area contributed by atoms with Crippen LogP contribution in [0.15, 0.2) is 21.5 Å². The number of benzene rings is 1. The lowest BCUT2D eigenvalue weighted by atomic mass is 10.2. The maximum Gasteiger partial charge on any atom is 0.358 e. The Morgan fingerprint density at radius 3 is 2.61 bits per heavy atom. The summed E-state index contributed by atoms with van der Waals surface area (Å²) in [7, 11) is -3.85. The third kappa shape index (κ3) is 2.76. The lowest BCUT2D eigenvalue weighted by Crippen LogP contribution is -2.57. The van der Waals surface area contributed by atoms with Gasteiger partial charge in [0.2, 0.25) is 10.0 Å². The van der Waals surface area contributed by atoms with Crippen molar-refractivity contribution < 1.29 is 23.7 Å². The second-order valence-corrected chi connectivity index (χ2v) is 7.92. The number of hydrogen-bond acceptors (Lipinski definition) is 5. The average Bonchev–Trinajstić information content (AvgIpc) is 2.88. The van der Waals surface area contributed by atoms with Gasteiger partial charge in [-0.3, -0.25) is 5.73 Å². The summed E-state index contributed by atoms with van der Waals surface area (Å²) < 4.78 is 33.1. The summed E-state index contributed by atoms with van der Waals surface area (Å²) in [6.07, 6.45) is 0. The van der Waals surface area contributed by atoms with Gasteiger partial charge in [-0.25, -0.2) is 13.2 Å². The number of quaternary nitrogens is 1. The number of amides is 1. The van der Waals surface area contributed by atoms with Gasteiger partial charge < -0.3 is 15.5 Å². The van der Waals surface area contributed by atoms with E-state index in [1.165, 1.54) is 4.31 Å². The lowest BCUT2D eigenvalue weighted by Gasteiger charge is -2.26. The van der Waals surface area contributed by atoms with Crippen LogP contribution >= 0.6 is 15.9 Å². The highest BCUT2D eigenvalue weighted by Crippen LogP contribution is 2.34. The van der Waals surface area contributed by atoms with Crippen LogP contribution in [0.4, 0.5) is 5.69 Å². The number of carbonyl (C=O) groups is 1. The predicted octanol–water partition coefficient (Wildman–Crippen LogP) is -0.0844. The van der Waals surface area contributed by atoms with Crippen LogP contribution in [0.2, 0.25) is 0 Å². The molecule has 1 saturated heterocycles. The number of nitrogen functional groups attached to an aromatic ring is 1. The number of carbonyl (C=O) groups excluding carboxylic acids is 1. The van der Waals surface area contributed by atoms with Crippen LogP contribution in [-0.4, -0.2) is 49.9 Å². The van der Waals surface area contributed by atoms with E-state index < -0.39 is 15.9 Å². The van der Waals surface area contributed by atoms with Gasteiger partial charge in [-0.2, -0.15) is 4.31 Å². The molecule has 1 aliphatic rings. The van der Waals surface area contributed by atoms with Crippen molar-refractivity contribution in [2.24, 2.45) is 0 Å². The number of rotatable bonds is 3. The van der Waals surface area contributed by atoms with E-state index in [-0.39, 0.29) is 23.7 Å². The van der Waals surface area contributed by atoms with Crippen molar-refractivity contribution in [3.05, 3.63) is 22.3 Å². The largest absolute Gasteiger partial charge is 0.398 e. The first-order valence-electron chi connectivity index (χ1n) is 6.87. The Morgan fingerprint density at radius 2 is 2.00 bits per heavy atom. The van der Waals surface area contributed by atoms with E-state index in [9.17, 15) is 13.2 Å². The van der Waals surface area contributed by atoms with E-state index in [0.29, 0.717) is 34.3 Å². The van der Waals surface area contributed by atoms with Crippen LogP contribution in [0.25, 0.3) is 10.9 Å². The molecule has 8 nitrogen and oxygen atoms in total. The molecule has 1 amide bonds. The second-order valence-electron chi connectivity index (χ2n) is 5.19. The molecule has 2 aromatic rings. The second kappa shape index (κ2) is 5.87. The molecular formula is C13H16BrN4O4S+. The molecule has 124 valence electrons. The van der Waals surface area contributed by atoms with Crippen molar-refractivity contribution in [2.75, 3.05) is 32.0 Å². The molecule has 0 atom stereocenters. The first kappa shape index (κ1) is 16.4. The number of sulfonamides is 1. The zero-order chi connectivity index (χ0) is 16.8. The van der Waals surface area contributed by atoms with Crippen LogP contribution < -0.4 is 11.5 Å². The molecular weight excluding hydrogens is 388 g/mol. The van der Waals surface area contributed by atoms with Gasteiger partial charge in [-0.05, 0) is 28.1 Å². The molecule has 0 radical (unpaired) electrons. The number of nitrogens with zero attached hydrogens (tertiary/aromatic N) is 1. The number of anilines is 1. The molecule has 0 bridgehead atoms. The lowest BCUT2D eigenvalue weighted by molar-refractivity contribution is -0.255. The maximum absolute atomic E-state index is 13.0. The molecule has 23 heavy (non-hydrogen) atoms. The van der Waals surface area contributed by atoms with Gasteiger partial charge >= 0.3 is 5.91 Å². The predicted molar refractivity (Wildman–Crippen MR) is 87.2 cm³/mol. The minimum Gasteiger partial charge on any atom is -0.398 e. The molecule has 1 aromatic carbocycles. The zero-order valence-corrected chi connectivity index (χ0v) is 14.5. The monoisotopic (exact) mass is 403 g/mol. The Hall–Kier alpha value is -1.46. The molecule has 0 saturated carbocycles. The number of nitrogens with one attached hydrogen (secondary N) is 1. The minimum atomic E-state index is -3.85. The number of ether oxygens (including phenoxy) is 1. The number of H-pyrrole nitrogens is 1. The SMILES string of the molecule is Nc1cc2[nH]c(C([NH3+])=O)c(S(=O)(=O)N3CCOCC3)c2cc1Br.